The molecule has 0 aromatic heterocycles. The van der Waals surface area contributed by atoms with Crippen molar-refractivity contribution in [2.24, 2.45) is 5.92 Å². The number of hydrogen-bond acceptors (Lipinski definition) is 4. The maximum Gasteiger partial charge on any atom is 0.234 e. The summed E-state index contributed by atoms with van der Waals surface area (Å²) in [5.74, 6) is -0.825. The Bertz CT molecular complexity index is 696. The first-order valence-electron chi connectivity index (χ1n) is 8.44. The third kappa shape index (κ3) is 3.65. The molecular formula is C20H26O4. The van der Waals surface area contributed by atoms with E-state index in [0.717, 1.165) is 16.7 Å². The van der Waals surface area contributed by atoms with Crippen molar-refractivity contribution >= 4 is 17.6 Å². The summed E-state index contributed by atoms with van der Waals surface area (Å²) in [6, 6.07) is 3.86. The van der Waals surface area contributed by atoms with Crippen molar-refractivity contribution in [2.75, 3.05) is 6.61 Å². The van der Waals surface area contributed by atoms with Crippen LogP contribution in [0.1, 0.15) is 60.7 Å². The SMILES string of the molecule is Cc1ccc2c(c1CCCC(C)(O)CO)C(=O)C(=O)C(C(C)C)=C2. The Morgan fingerprint density at radius 3 is 2.42 bits per heavy atom. The number of carbonyl (C=O) groups excluding carboxylic acids is 2. The standard InChI is InChI=1S/C20H26O4/c1-12(2)16-10-14-8-7-13(3)15(17(14)19(23)18(16)22)6-5-9-20(4,24)11-21/h7-8,10,12,21,24H,5-6,9,11H2,1-4H3. The van der Waals surface area contributed by atoms with Gasteiger partial charge in [-0.2, -0.15) is 0 Å². The summed E-state index contributed by atoms with van der Waals surface area (Å²) in [5, 5.41) is 19.1. The lowest BCUT2D eigenvalue weighted by Gasteiger charge is -2.23. The van der Waals surface area contributed by atoms with Gasteiger partial charge in [-0.05, 0) is 61.8 Å². The average molecular weight is 330 g/mol. The second-order valence-electron chi connectivity index (χ2n) is 7.25. The van der Waals surface area contributed by atoms with Gasteiger partial charge in [0.1, 0.15) is 0 Å². The lowest BCUT2D eigenvalue weighted by molar-refractivity contribution is -0.112. The molecule has 0 saturated heterocycles. The summed E-state index contributed by atoms with van der Waals surface area (Å²) in [5.41, 5.74) is 2.60. The first-order valence-corrected chi connectivity index (χ1v) is 8.44. The molecule has 1 aromatic carbocycles. The van der Waals surface area contributed by atoms with Gasteiger partial charge in [0, 0.05) is 11.1 Å². The molecule has 0 bridgehead atoms. The van der Waals surface area contributed by atoms with Gasteiger partial charge in [0.25, 0.3) is 0 Å². The van der Waals surface area contributed by atoms with Crippen LogP contribution in [0.25, 0.3) is 6.08 Å². The summed E-state index contributed by atoms with van der Waals surface area (Å²) in [6.45, 7) is 7.05. The first-order chi connectivity index (χ1) is 11.2. The van der Waals surface area contributed by atoms with Crippen molar-refractivity contribution in [1.82, 2.24) is 0 Å². The van der Waals surface area contributed by atoms with E-state index >= 15 is 0 Å². The number of allylic oxidation sites excluding steroid dienone is 1. The predicted molar refractivity (Wildman–Crippen MR) is 94.0 cm³/mol. The molecule has 0 fully saturated rings. The molecule has 0 saturated carbocycles. The molecule has 1 aliphatic carbocycles. The minimum Gasteiger partial charge on any atom is -0.393 e. The molecule has 1 atom stereocenters. The van der Waals surface area contributed by atoms with E-state index in [9.17, 15) is 14.7 Å². The van der Waals surface area contributed by atoms with E-state index in [1.807, 2.05) is 39.0 Å². The van der Waals surface area contributed by atoms with Gasteiger partial charge in [-0.3, -0.25) is 9.59 Å². The number of aliphatic hydroxyl groups is 2. The average Bonchev–Trinajstić information content (AvgIpc) is 2.52. The van der Waals surface area contributed by atoms with Crippen LogP contribution in [-0.4, -0.2) is 34.0 Å². The van der Waals surface area contributed by atoms with Crippen molar-refractivity contribution in [1.29, 1.82) is 0 Å². The third-order valence-electron chi connectivity index (χ3n) is 4.69. The minimum atomic E-state index is -1.12. The highest BCUT2D eigenvalue weighted by Crippen LogP contribution is 2.31. The highest BCUT2D eigenvalue weighted by Gasteiger charge is 2.31. The predicted octanol–water partition coefficient (Wildman–Crippen LogP) is 2.87. The van der Waals surface area contributed by atoms with Crippen LogP contribution in [0.4, 0.5) is 0 Å². The van der Waals surface area contributed by atoms with Crippen LogP contribution in [0.2, 0.25) is 0 Å². The summed E-state index contributed by atoms with van der Waals surface area (Å²) >= 11 is 0. The number of hydrogen-bond donors (Lipinski definition) is 2. The fraction of sp³-hybridized carbons (Fsp3) is 0.500. The van der Waals surface area contributed by atoms with Crippen molar-refractivity contribution in [3.63, 3.8) is 0 Å². The Kier molecular flexibility index (Phi) is 5.41. The molecule has 0 aliphatic heterocycles. The van der Waals surface area contributed by atoms with Crippen LogP contribution in [-0.2, 0) is 11.2 Å². The van der Waals surface area contributed by atoms with Crippen molar-refractivity contribution in [2.45, 2.75) is 52.6 Å². The molecule has 0 amide bonds. The number of Topliss-reactive ketones (excluding diaryl/α,β-unsaturated/α-hetero) is 2. The Balaban J connectivity index is 2.37. The van der Waals surface area contributed by atoms with Gasteiger partial charge in [0.2, 0.25) is 11.6 Å². The van der Waals surface area contributed by atoms with E-state index < -0.39 is 17.2 Å². The number of benzene rings is 1. The van der Waals surface area contributed by atoms with Crippen LogP contribution in [0.5, 0.6) is 0 Å². The number of fused-ring (bicyclic) bond motifs is 1. The lowest BCUT2D eigenvalue weighted by atomic mass is 9.80. The van der Waals surface area contributed by atoms with E-state index in [1.54, 1.807) is 6.92 Å². The zero-order valence-electron chi connectivity index (χ0n) is 14.8. The fourth-order valence-corrected chi connectivity index (χ4v) is 3.11. The zero-order chi connectivity index (χ0) is 18.1. The summed E-state index contributed by atoms with van der Waals surface area (Å²) in [4.78, 5) is 25.0. The van der Waals surface area contributed by atoms with Gasteiger partial charge < -0.3 is 10.2 Å². The second-order valence-corrected chi connectivity index (χ2v) is 7.25. The molecule has 2 N–H and O–H groups in total. The van der Waals surface area contributed by atoms with Crippen LogP contribution in [0.3, 0.4) is 0 Å². The van der Waals surface area contributed by atoms with Crippen LogP contribution in [0, 0.1) is 12.8 Å². The smallest absolute Gasteiger partial charge is 0.234 e. The number of rotatable bonds is 6. The Hall–Kier alpha value is -1.78. The molecular weight excluding hydrogens is 304 g/mol. The summed E-state index contributed by atoms with van der Waals surface area (Å²) in [7, 11) is 0. The van der Waals surface area contributed by atoms with E-state index in [-0.39, 0.29) is 12.5 Å². The Labute approximate surface area is 143 Å². The highest BCUT2D eigenvalue weighted by molar-refractivity contribution is 6.52. The monoisotopic (exact) mass is 330 g/mol. The van der Waals surface area contributed by atoms with Gasteiger partial charge >= 0.3 is 0 Å². The summed E-state index contributed by atoms with van der Waals surface area (Å²) < 4.78 is 0. The van der Waals surface area contributed by atoms with E-state index in [2.05, 4.69) is 0 Å². The second kappa shape index (κ2) is 6.99. The Morgan fingerprint density at radius 1 is 1.17 bits per heavy atom. The van der Waals surface area contributed by atoms with Gasteiger partial charge in [-0.25, -0.2) is 0 Å². The fourth-order valence-electron chi connectivity index (χ4n) is 3.11. The molecule has 0 radical (unpaired) electrons. The molecule has 24 heavy (non-hydrogen) atoms. The zero-order valence-corrected chi connectivity index (χ0v) is 14.8. The maximum absolute atomic E-state index is 12.6. The normalized spacial score (nSPS) is 16.9. The highest BCUT2D eigenvalue weighted by atomic mass is 16.3. The van der Waals surface area contributed by atoms with Crippen molar-refractivity contribution in [3.05, 3.63) is 40.0 Å². The largest absolute Gasteiger partial charge is 0.393 e. The van der Waals surface area contributed by atoms with E-state index in [1.165, 1.54) is 0 Å². The number of carbonyl (C=O) groups is 2. The topological polar surface area (TPSA) is 74.6 Å². The number of ketones is 2. The molecule has 0 spiro atoms. The first kappa shape index (κ1) is 18.6. The molecule has 130 valence electrons. The van der Waals surface area contributed by atoms with E-state index in [4.69, 9.17) is 5.11 Å². The van der Waals surface area contributed by atoms with E-state index in [0.29, 0.717) is 30.4 Å². The van der Waals surface area contributed by atoms with Gasteiger partial charge in [-0.15, -0.1) is 0 Å². The maximum atomic E-state index is 12.6. The molecule has 4 nitrogen and oxygen atoms in total. The number of aryl methyl sites for hydroxylation is 1. The minimum absolute atomic E-state index is 0.0130. The molecule has 4 heteroatoms. The van der Waals surface area contributed by atoms with Crippen LogP contribution >= 0.6 is 0 Å². The lowest BCUT2D eigenvalue weighted by Crippen LogP contribution is -2.29. The molecule has 1 aromatic rings. The van der Waals surface area contributed by atoms with Gasteiger partial charge in [-0.1, -0.05) is 26.0 Å². The third-order valence-corrected chi connectivity index (χ3v) is 4.69. The van der Waals surface area contributed by atoms with Crippen molar-refractivity contribution in [3.8, 4) is 0 Å². The molecule has 1 aliphatic rings. The Morgan fingerprint density at radius 2 is 1.83 bits per heavy atom. The molecule has 0 heterocycles. The molecule has 2 rings (SSSR count). The van der Waals surface area contributed by atoms with Crippen LogP contribution in [0.15, 0.2) is 17.7 Å². The van der Waals surface area contributed by atoms with Crippen LogP contribution < -0.4 is 0 Å². The van der Waals surface area contributed by atoms with Gasteiger partial charge in [0.05, 0.1) is 12.2 Å². The van der Waals surface area contributed by atoms with Crippen molar-refractivity contribution < 1.29 is 19.8 Å². The molecule has 1 unspecified atom stereocenters. The number of aliphatic hydroxyl groups excluding tert-OH is 1. The quantitative estimate of drug-likeness (QED) is 0.787. The summed E-state index contributed by atoms with van der Waals surface area (Å²) in [6.07, 6.45) is 3.49. The van der Waals surface area contributed by atoms with Gasteiger partial charge in [0.15, 0.2) is 0 Å².